The molecule has 0 unspecified atom stereocenters. The van der Waals surface area contributed by atoms with E-state index in [1.165, 1.54) is 18.2 Å². The summed E-state index contributed by atoms with van der Waals surface area (Å²) in [5, 5.41) is 19.1. The van der Waals surface area contributed by atoms with Gasteiger partial charge in [0.25, 0.3) is 0 Å². The summed E-state index contributed by atoms with van der Waals surface area (Å²) in [6.45, 7) is 0.109. The van der Waals surface area contributed by atoms with E-state index < -0.39 is 15.9 Å². The molecule has 7 nitrogen and oxygen atoms in total. The van der Waals surface area contributed by atoms with Gasteiger partial charge in [0.1, 0.15) is 0 Å². The van der Waals surface area contributed by atoms with Gasteiger partial charge in [-0.15, -0.1) is 0 Å². The number of amides is 1. The molecule has 4 aromatic carbocycles. The second-order valence-corrected chi connectivity index (χ2v) is 9.81. The van der Waals surface area contributed by atoms with Crippen LogP contribution in [0.3, 0.4) is 0 Å². The lowest BCUT2D eigenvalue weighted by Crippen LogP contribution is -2.23. The molecular weight excluding hydrogens is 464 g/mol. The smallest absolute Gasteiger partial charge is 0.248 e. The van der Waals surface area contributed by atoms with Crippen molar-refractivity contribution in [3.05, 3.63) is 113 Å². The SMILES string of the molecule is NC(=O)c1ccc(-c2ccccc2S(=O)(=O)NCc2ccc(Cc3ccc(O)c(O)c3)cc2)cc1. The molecule has 4 rings (SSSR count). The van der Waals surface area contributed by atoms with Crippen molar-refractivity contribution in [2.24, 2.45) is 5.73 Å². The fourth-order valence-corrected chi connectivity index (χ4v) is 4.94. The molecule has 0 aromatic heterocycles. The monoisotopic (exact) mass is 488 g/mol. The maximum absolute atomic E-state index is 13.1. The first kappa shape index (κ1) is 24.0. The highest BCUT2D eigenvalue weighted by Gasteiger charge is 2.19. The number of benzene rings is 4. The summed E-state index contributed by atoms with van der Waals surface area (Å²) in [7, 11) is -3.82. The molecule has 0 heterocycles. The molecule has 0 atom stereocenters. The molecule has 0 bridgehead atoms. The zero-order chi connectivity index (χ0) is 25.0. The third kappa shape index (κ3) is 5.68. The van der Waals surface area contributed by atoms with E-state index >= 15 is 0 Å². The largest absolute Gasteiger partial charge is 0.504 e. The van der Waals surface area contributed by atoms with Crippen LogP contribution in [0.15, 0.2) is 95.9 Å². The molecular formula is C27H24N2O5S. The van der Waals surface area contributed by atoms with Crippen molar-refractivity contribution in [2.45, 2.75) is 17.9 Å². The van der Waals surface area contributed by atoms with Crippen LogP contribution in [0.4, 0.5) is 0 Å². The van der Waals surface area contributed by atoms with Crippen molar-refractivity contribution in [3.63, 3.8) is 0 Å². The topological polar surface area (TPSA) is 130 Å². The second kappa shape index (κ2) is 10.0. The van der Waals surface area contributed by atoms with E-state index in [-0.39, 0.29) is 22.9 Å². The predicted molar refractivity (Wildman–Crippen MR) is 133 cm³/mol. The normalized spacial score (nSPS) is 11.3. The number of carbonyl (C=O) groups excluding carboxylic acids is 1. The first-order valence-electron chi connectivity index (χ1n) is 10.8. The molecule has 0 radical (unpaired) electrons. The minimum absolute atomic E-state index is 0.109. The number of phenolic OH excluding ortho intramolecular Hbond substituents is 2. The van der Waals surface area contributed by atoms with Gasteiger partial charge in [-0.3, -0.25) is 4.79 Å². The lowest BCUT2D eigenvalue weighted by molar-refractivity contribution is 0.100. The van der Waals surface area contributed by atoms with Crippen molar-refractivity contribution < 1.29 is 23.4 Å². The molecule has 0 spiro atoms. The molecule has 8 heteroatoms. The summed E-state index contributed by atoms with van der Waals surface area (Å²) >= 11 is 0. The van der Waals surface area contributed by atoms with Crippen LogP contribution < -0.4 is 10.5 Å². The molecule has 0 aliphatic heterocycles. The van der Waals surface area contributed by atoms with Crippen LogP contribution in [0.25, 0.3) is 11.1 Å². The van der Waals surface area contributed by atoms with Crippen LogP contribution in [-0.2, 0) is 23.0 Å². The molecule has 0 fully saturated rings. The quantitative estimate of drug-likeness (QED) is 0.279. The standard InChI is InChI=1S/C27H24N2O5S/c28-27(32)22-12-10-21(11-13-22)23-3-1-2-4-26(23)35(33,34)29-17-19-7-5-18(6-8-19)15-20-9-14-24(30)25(31)16-20/h1-14,16,29-31H,15,17H2,(H2,28,32). The number of carbonyl (C=O) groups is 1. The second-order valence-electron chi connectivity index (χ2n) is 8.08. The minimum atomic E-state index is -3.82. The number of rotatable bonds is 8. The average Bonchev–Trinajstić information content (AvgIpc) is 2.86. The summed E-state index contributed by atoms with van der Waals surface area (Å²) in [6.07, 6.45) is 0.557. The van der Waals surface area contributed by atoms with Gasteiger partial charge in [-0.2, -0.15) is 0 Å². The Hall–Kier alpha value is -4.14. The van der Waals surface area contributed by atoms with Gasteiger partial charge in [0, 0.05) is 17.7 Å². The number of phenols is 2. The number of sulfonamides is 1. The van der Waals surface area contributed by atoms with Crippen molar-refractivity contribution in [1.82, 2.24) is 4.72 Å². The molecule has 0 aliphatic carbocycles. The lowest BCUT2D eigenvalue weighted by atomic mass is 10.0. The van der Waals surface area contributed by atoms with E-state index in [4.69, 9.17) is 5.73 Å². The third-order valence-electron chi connectivity index (χ3n) is 5.59. The van der Waals surface area contributed by atoms with Gasteiger partial charge in [0.05, 0.1) is 4.90 Å². The maximum atomic E-state index is 13.1. The van der Waals surface area contributed by atoms with E-state index in [1.54, 1.807) is 48.5 Å². The number of nitrogens with two attached hydrogens (primary N) is 1. The molecule has 0 saturated carbocycles. The maximum Gasteiger partial charge on any atom is 0.248 e. The first-order valence-corrected chi connectivity index (χ1v) is 12.3. The van der Waals surface area contributed by atoms with Crippen LogP contribution in [0.5, 0.6) is 11.5 Å². The average molecular weight is 489 g/mol. The summed E-state index contributed by atoms with van der Waals surface area (Å²) in [5.74, 6) is -0.885. The van der Waals surface area contributed by atoms with Crippen LogP contribution in [0, 0.1) is 0 Å². The zero-order valence-electron chi connectivity index (χ0n) is 18.7. The highest BCUT2D eigenvalue weighted by molar-refractivity contribution is 7.89. The van der Waals surface area contributed by atoms with Crippen molar-refractivity contribution in [3.8, 4) is 22.6 Å². The number of hydrogen-bond acceptors (Lipinski definition) is 5. The van der Waals surface area contributed by atoms with Crippen molar-refractivity contribution in [2.75, 3.05) is 0 Å². The Labute approximate surface area is 203 Å². The zero-order valence-corrected chi connectivity index (χ0v) is 19.5. The molecule has 0 saturated heterocycles. The van der Waals surface area contributed by atoms with Crippen LogP contribution in [0.1, 0.15) is 27.0 Å². The number of primary amides is 1. The van der Waals surface area contributed by atoms with Gasteiger partial charge in [-0.25, -0.2) is 13.1 Å². The fraction of sp³-hybridized carbons (Fsp3) is 0.0741. The summed E-state index contributed by atoms with van der Waals surface area (Å²) in [6, 6.07) is 25.3. The van der Waals surface area contributed by atoms with Gasteiger partial charge in [-0.1, -0.05) is 60.7 Å². The van der Waals surface area contributed by atoms with Gasteiger partial charge < -0.3 is 15.9 Å². The minimum Gasteiger partial charge on any atom is -0.504 e. The molecule has 1 amide bonds. The van der Waals surface area contributed by atoms with Crippen molar-refractivity contribution in [1.29, 1.82) is 0 Å². The lowest BCUT2D eigenvalue weighted by Gasteiger charge is -2.12. The molecule has 5 N–H and O–H groups in total. The highest BCUT2D eigenvalue weighted by atomic mass is 32.2. The fourth-order valence-electron chi connectivity index (χ4n) is 3.70. The Morgan fingerprint density at radius 2 is 1.40 bits per heavy atom. The Balaban J connectivity index is 1.47. The molecule has 4 aromatic rings. The van der Waals surface area contributed by atoms with Gasteiger partial charge in [0.15, 0.2) is 11.5 Å². The predicted octanol–water partition coefficient (Wildman–Crippen LogP) is 3.93. The number of hydrogen-bond donors (Lipinski definition) is 4. The van der Waals surface area contributed by atoms with Crippen LogP contribution >= 0.6 is 0 Å². The highest BCUT2D eigenvalue weighted by Crippen LogP contribution is 2.28. The summed E-state index contributed by atoms with van der Waals surface area (Å²) < 4.78 is 28.9. The molecule has 0 aliphatic rings. The Morgan fingerprint density at radius 3 is 2.06 bits per heavy atom. The van der Waals surface area contributed by atoms with Crippen LogP contribution in [0.2, 0.25) is 0 Å². The number of aromatic hydroxyl groups is 2. The Morgan fingerprint density at radius 1 is 0.771 bits per heavy atom. The van der Waals surface area contributed by atoms with E-state index in [0.717, 1.165) is 16.7 Å². The van der Waals surface area contributed by atoms with E-state index in [0.29, 0.717) is 23.1 Å². The Kier molecular flexibility index (Phi) is 6.86. The number of nitrogens with one attached hydrogen (secondary N) is 1. The van der Waals surface area contributed by atoms with Gasteiger partial charge in [-0.05, 0) is 59.0 Å². The summed E-state index contributed by atoms with van der Waals surface area (Å²) in [5.41, 5.74) is 9.41. The van der Waals surface area contributed by atoms with E-state index in [1.807, 2.05) is 24.3 Å². The van der Waals surface area contributed by atoms with E-state index in [9.17, 15) is 23.4 Å². The van der Waals surface area contributed by atoms with Gasteiger partial charge >= 0.3 is 0 Å². The molecule has 35 heavy (non-hydrogen) atoms. The Bertz CT molecular complexity index is 1460. The summed E-state index contributed by atoms with van der Waals surface area (Å²) in [4.78, 5) is 11.5. The van der Waals surface area contributed by atoms with E-state index in [2.05, 4.69) is 4.72 Å². The van der Waals surface area contributed by atoms with Crippen LogP contribution in [-0.4, -0.2) is 24.5 Å². The van der Waals surface area contributed by atoms with Crippen molar-refractivity contribution >= 4 is 15.9 Å². The van der Waals surface area contributed by atoms with Gasteiger partial charge in [0.2, 0.25) is 15.9 Å². The molecule has 178 valence electrons. The third-order valence-corrected chi connectivity index (χ3v) is 7.05. The first-order chi connectivity index (χ1) is 16.7.